The maximum absolute atomic E-state index is 6.28. The fourth-order valence-corrected chi connectivity index (χ4v) is 2.22. The van der Waals surface area contributed by atoms with Crippen LogP contribution in [0.3, 0.4) is 0 Å². The molecule has 1 aromatic carbocycles. The Bertz CT molecular complexity index is 413. The van der Waals surface area contributed by atoms with E-state index in [2.05, 4.69) is 20.7 Å². The van der Waals surface area contributed by atoms with Gasteiger partial charge in [-0.3, -0.25) is 0 Å². The Labute approximate surface area is 130 Å². The second kappa shape index (κ2) is 8.00. The van der Waals surface area contributed by atoms with Crippen LogP contribution in [-0.2, 0) is 0 Å². The van der Waals surface area contributed by atoms with E-state index < -0.39 is 0 Å². The first-order valence-electron chi connectivity index (χ1n) is 5.49. The Kier molecular flexibility index (Phi) is 7.88. The number of likely N-dealkylation sites (N-methyl/N-ethyl adjacent to an activating group) is 1. The van der Waals surface area contributed by atoms with Gasteiger partial charge in [0.05, 0.1) is 30.7 Å². The number of benzene rings is 1. The Morgan fingerprint density at radius 2 is 1.78 bits per heavy atom. The molecule has 100 valence electrons. The quantitative estimate of drug-likeness (QED) is 0.551. The van der Waals surface area contributed by atoms with Crippen LogP contribution in [0.4, 0.5) is 0 Å². The molecule has 0 aliphatic carbocycles. The highest BCUT2D eigenvalue weighted by Crippen LogP contribution is 2.26. The molecule has 0 spiro atoms. The Hall–Kier alpha value is -0.280. The van der Waals surface area contributed by atoms with Crippen LogP contribution < -0.4 is 17.0 Å². The SMILES string of the molecule is C=CC[N+](C)(C)CC(Cl)=C(Cl)c1ccccc1.[Br-]. The molecular weight excluding hydrogens is 333 g/mol. The van der Waals surface area contributed by atoms with Gasteiger partial charge < -0.3 is 21.5 Å². The van der Waals surface area contributed by atoms with Gasteiger partial charge >= 0.3 is 0 Å². The van der Waals surface area contributed by atoms with Crippen LogP contribution in [0.1, 0.15) is 5.56 Å². The predicted molar refractivity (Wildman–Crippen MR) is 77.1 cm³/mol. The molecule has 1 aromatic rings. The highest BCUT2D eigenvalue weighted by molar-refractivity contribution is 6.54. The molecule has 0 amide bonds. The van der Waals surface area contributed by atoms with Crippen molar-refractivity contribution in [1.29, 1.82) is 0 Å². The minimum Gasteiger partial charge on any atom is -1.00 e. The summed E-state index contributed by atoms with van der Waals surface area (Å²) in [5.41, 5.74) is 0.956. The van der Waals surface area contributed by atoms with E-state index in [1.54, 1.807) is 0 Å². The molecule has 0 saturated heterocycles. The zero-order chi connectivity index (χ0) is 12.9. The molecule has 0 heterocycles. The minimum absolute atomic E-state index is 0. The van der Waals surface area contributed by atoms with Crippen molar-refractivity contribution in [1.82, 2.24) is 0 Å². The van der Waals surface area contributed by atoms with Crippen LogP contribution in [0.5, 0.6) is 0 Å². The molecule has 0 radical (unpaired) electrons. The largest absolute Gasteiger partial charge is 1.00 e. The maximum Gasteiger partial charge on any atom is 0.116 e. The second-order valence-corrected chi connectivity index (χ2v) is 5.48. The van der Waals surface area contributed by atoms with Gasteiger partial charge in [-0.1, -0.05) is 60.1 Å². The fraction of sp³-hybridized carbons (Fsp3) is 0.286. The molecule has 1 nitrogen and oxygen atoms in total. The van der Waals surface area contributed by atoms with Crippen LogP contribution in [0.15, 0.2) is 48.0 Å². The van der Waals surface area contributed by atoms with E-state index in [0.29, 0.717) is 16.6 Å². The van der Waals surface area contributed by atoms with Gasteiger partial charge in [-0.15, -0.1) is 0 Å². The van der Waals surface area contributed by atoms with Crippen molar-refractivity contribution in [2.75, 3.05) is 27.2 Å². The zero-order valence-electron chi connectivity index (χ0n) is 10.7. The van der Waals surface area contributed by atoms with Gasteiger partial charge in [-0.05, 0) is 11.6 Å². The summed E-state index contributed by atoms with van der Waals surface area (Å²) >= 11 is 12.6. The van der Waals surface area contributed by atoms with Crippen molar-refractivity contribution in [3.05, 3.63) is 53.6 Å². The molecule has 0 saturated carbocycles. The summed E-state index contributed by atoms with van der Waals surface area (Å²) in [7, 11) is 4.19. The third-order valence-corrected chi connectivity index (χ3v) is 3.31. The van der Waals surface area contributed by atoms with Gasteiger partial charge in [0.15, 0.2) is 0 Å². The van der Waals surface area contributed by atoms with Gasteiger partial charge in [-0.25, -0.2) is 0 Å². The number of halogens is 3. The second-order valence-electron chi connectivity index (χ2n) is 4.65. The van der Waals surface area contributed by atoms with Crippen LogP contribution in [0.25, 0.3) is 5.03 Å². The summed E-state index contributed by atoms with van der Waals surface area (Å²) in [5, 5.41) is 1.31. The standard InChI is InChI=1S/C14H18Cl2N.BrH/c1-4-10-17(2,3)11-13(15)14(16)12-8-6-5-7-9-12;/h4-9H,1,10-11H2,2-3H3;1H/q+1;/p-1. The van der Waals surface area contributed by atoms with E-state index >= 15 is 0 Å². The lowest BCUT2D eigenvalue weighted by molar-refractivity contribution is -0.879. The van der Waals surface area contributed by atoms with Gasteiger partial charge in [0.1, 0.15) is 6.54 Å². The molecule has 0 aliphatic rings. The topological polar surface area (TPSA) is 0 Å². The first-order valence-corrected chi connectivity index (χ1v) is 6.24. The van der Waals surface area contributed by atoms with Gasteiger partial charge in [0, 0.05) is 0 Å². The van der Waals surface area contributed by atoms with Crippen molar-refractivity contribution in [3.8, 4) is 0 Å². The maximum atomic E-state index is 6.28. The van der Waals surface area contributed by atoms with E-state index in [-0.39, 0.29) is 17.0 Å². The molecule has 0 bridgehead atoms. The average Bonchev–Trinajstić information content (AvgIpc) is 2.28. The molecule has 0 aromatic heterocycles. The number of hydrogen-bond donors (Lipinski definition) is 0. The van der Waals surface area contributed by atoms with Gasteiger partial charge in [-0.2, -0.15) is 0 Å². The number of nitrogens with zero attached hydrogens (tertiary/aromatic N) is 1. The number of hydrogen-bond acceptors (Lipinski definition) is 0. The molecule has 0 fully saturated rings. The third kappa shape index (κ3) is 5.57. The summed E-state index contributed by atoms with van der Waals surface area (Å²) < 4.78 is 0.741. The highest BCUT2D eigenvalue weighted by atomic mass is 79.9. The molecule has 0 aliphatic heterocycles. The van der Waals surface area contributed by atoms with Crippen molar-refractivity contribution >= 4 is 28.2 Å². The molecule has 0 atom stereocenters. The van der Waals surface area contributed by atoms with E-state index in [4.69, 9.17) is 23.2 Å². The summed E-state index contributed by atoms with van der Waals surface area (Å²) in [6.07, 6.45) is 1.89. The van der Waals surface area contributed by atoms with E-state index in [1.807, 2.05) is 36.4 Å². The van der Waals surface area contributed by atoms with Crippen molar-refractivity contribution in [2.24, 2.45) is 0 Å². The van der Waals surface area contributed by atoms with Gasteiger partial charge in [0.25, 0.3) is 0 Å². The summed E-state index contributed by atoms with van der Waals surface area (Å²) in [6, 6.07) is 9.77. The first-order chi connectivity index (χ1) is 7.96. The van der Waals surface area contributed by atoms with Crippen molar-refractivity contribution < 1.29 is 21.5 Å². The lowest BCUT2D eigenvalue weighted by Crippen LogP contribution is -3.00. The third-order valence-electron chi connectivity index (χ3n) is 2.46. The zero-order valence-corrected chi connectivity index (χ0v) is 13.8. The van der Waals surface area contributed by atoms with Crippen LogP contribution >= 0.6 is 23.2 Å². The molecular formula is C14H18BrCl2N. The summed E-state index contributed by atoms with van der Waals surface area (Å²) in [6.45, 7) is 5.30. The lowest BCUT2D eigenvalue weighted by atomic mass is 10.2. The Morgan fingerprint density at radius 3 is 2.28 bits per heavy atom. The lowest BCUT2D eigenvalue weighted by Gasteiger charge is -2.28. The first kappa shape index (κ1) is 17.7. The van der Waals surface area contributed by atoms with E-state index in [1.165, 1.54) is 0 Å². The van der Waals surface area contributed by atoms with Crippen LogP contribution in [0.2, 0.25) is 0 Å². The molecule has 0 N–H and O–H groups in total. The molecule has 1 rings (SSSR count). The number of quaternary nitrogens is 1. The van der Waals surface area contributed by atoms with E-state index in [0.717, 1.165) is 16.6 Å². The number of rotatable bonds is 5. The normalized spacial score (nSPS) is 12.4. The van der Waals surface area contributed by atoms with Crippen molar-refractivity contribution in [3.63, 3.8) is 0 Å². The van der Waals surface area contributed by atoms with Gasteiger partial charge in [0.2, 0.25) is 0 Å². The van der Waals surface area contributed by atoms with E-state index in [9.17, 15) is 0 Å². The fourth-order valence-electron chi connectivity index (χ4n) is 1.60. The Morgan fingerprint density at radius 1 is 1.22 bits per heavy atom. The van der Waals surface area contributed by atoms with Crippen molar-refractivity contribution in [2.45, 2.75) is 0 Å². The summed E-state index contributed by atoms with van der Waals surface area (Å²) in [4.78, 5) is 0. The molecule has 0 unspecified atom stereocenters. The minimum atomic E-state index is 0. The van der Waals surface area contributed by atoms with Crippen LogP contribution in [0, 0.1) is 0 Å². The predicted octanol–water partition coefficient (Wildman–Crippen LogP) is 1.10. The summed E-state index contributed by atoms with van der Waals surface area (Å²) in [5.74, 6) is 0. The van der Waals surface area contributed by atoms with Crippen LogP contribution in [-0.4, -0.2) is 31.7 Å². The molecule has 4 heteroatoms. The smallest absolute Gasteiger partial charge is 0.116 e. The average molecular weight is 351 g/mol. The Balaban J connectivity index is 0.00000289. The highest BCUT2D eigenvalue weighted by Gasteiger charge is 2.17. The molecule has 18 heavy (non-hydrogen) atoms. The monoisotopic (exact) mass is 349 g/mol.